The Morgan fingerprint density at radius 2 is 1.79 bits per heavy atom. The summed E-state index contributed by atoms with van der Waals surface area (Å²) in [5, 5.41) is 17.7. The summed E-state index contributed by atoms with van der Waals surface area (Å²) in [5.74, 6) is -1.01. The number of fused-ring (bicyclic) bond motifs is 1. The zero-order valence-electron chi connectivity index (χ0n) is 17.2. The Kier molecular flexibility index (Phi) is 6.37. The number of nitrogens with zero attached hydrogens (tertiary/aromatic N) is 1. The fourth-order valence-corrected chi connectivity index (χ4v) is 3.76. The lowest BCUT2D eigenvalue weighted by atomic mass is 10.0. The summed E-state index contributed by atoms with van der Waals surface area (Å²) in [6.45, 7) is 0. The van der Waals surface area contributed by atoms with Crippen LogP contribution in [0, 0.1) is 10.1 Å². The molecule has 9 heteroatoms. The molecule has 0 aliphatic carbocycles. The van der Waals surface area contributed by atoms with Gasteiger partial charge in [0.25, 0.3) is 11.6 Å². The fraction of sp³-hybridized carbons (Fsp3) is 0.0833. The molecule has 3 aromatic carbocycles. The van der Waals surface area contributed by atoms with Gasteiger partial charge >= 0.3 is 0 Å². The number of rotatable bonds is 7. The quantitative estimate of drug-likeness (QED) is 0.272. The van der Waals surface area contributed by atoms with Crippen LogP contribution in [0.5, 0.6) is 0 Å². The van der Waals surface area contributed by atoms with Gasteiger partial charge in [-0.05, 0) is 29.8 Å². The summed E-state index contributed by atoms with van der Waals surface area (Å²) < 4.78 is 0. The van der Waals surface area contributed by atoms with Crippen molar-refractivity contribution < 1.29 is 14.5 Å². The molecule has 0 spiro atoms. The summed E-state index contributed by atoms with van der Waals surface area (Å²) in [6.07, 6.45) is 1.99. The van der Waals surface area contributed by atoms with Crippen molar-refractivity contribution in [2.75, 3.05) is 5.32 Å². The molecule has 0 bridgehead atoms. The molecule has 166 valence electrons. The van der Waals surface area contributed by atoms with Crippen LogP contribution >= 0.6 is 11.6 Å². The number of carbonyl (C=O) groups excluding carboxylic acids is 2. The molecule has 0 saturated carbocycles. The zero-order chi connectivity index (χ0) is 23.4. The number of halogens is 1. The number of benzene rings is 3. The number of hydrogen-bond acceptors (Lipinski definition) is 4. The molecular weight excluding hydrogens is 444 g/mol. The van der Waals surface area contributed by atoms with E-state index in [1.807, 2.05) is 24.3 Å². The molecule has 0 saturated heterocycles. The van der Waals surface area contributed by atoms with Crippen molar-refractivity contribution in [2.45, 2.75) is 12.5 Å². The number of carbonyl (C=O) groups is 2. The standard InChI is InChI=1S/C24H19ClN4O4/c25-20-10-3-1-9-19(20)23(30)28-22(12-15-14-26-21-11-4-2-8-18(15)21)24(31)27-16-6-5-7-17(13-16)29(32)33/h1-11,13-14,22,26H,12H2,(H,27,31)(H,28,30)/t22-/m1/s1. The molecule has 2 amide bonds. The van der Waals surface area contributed by atoms with Crippen molar-refractivity contribution in [3.63, 3.8) is 0 Å². The Bertz CT molecular complexity index is 1350. The maximum atomic E-state index is 13.2. The van der Waals surface area contributed by atoms with E-state index in [4.69, 9.17) is 11.6 Å². The maximum absolute atomic E-state index is 13.2. The van der Waals surface area contributed by atoms with E-state index < -0.39 is 22.8 Å². The van der Waals surface area contributed by atoms with Crippen LogP contribution in [-0.2, 0) is 11.2 Å². The van der Waals surface area contributed by atoms with E-state index in [0.717, 1.165) is 16.5 Å². The molecule has 33 heavy (non-hydrogen) atoms. The number of hydrogen-bond donors (Lipinski definition) is 3. The zero-order valence-corrected chi connectivity index (χ0v) is 18.0. The lowest BCUT2D eigenvalue weighted by molar-refractivity contribution is -0.384. The average Bonchev–Trinajstić information content (AvgIpc) is 3.22. The number of amides is 2. The fourth-order valence-electron chi connectivity index (χ4n) is 3.54. The van der Waals surface area contributed by atoms with E-state index in [9.17, 15) is 19.7 Å². The smallest absolute Gasteiger partial charge is 0.271 e. The maximum Gasteiger partial charge on any atom is 0.271 e. The van der Waals surface area contributed by atoms with E-state index in [-0.39, 0.29) is 28.4 Å². The highest BCUT2D eigenvalue weighted by molar-refractivity contribution is 6.33. The van der Waals surface area contributed by atoms with Crippen LogP contribution in [0.25, 0.3) is 10.9 Å². The second kappa shape index (κ2) is 9.54. The minimum absolute atomic E-state index is 0.152. The number of para-hydroxylation sites is 1. The van der Waals surface area contributed by atoms with Crippen LogP contribution in [0.1, 0.15) is 15.9 Å². The molecule has 1 atom stereocenters. The predicted molar refractivity (Wildman–Crippen MR) is 126 cm³/mol. The topological polar surface area (TPSA) is 117 Å². The van der Waals surface area contributed by atoms with Gasteiger partial charge in [-0.1, -0.05) is 48.0 Å². The van der Waals surface area contributed by atoms with Gasteiger partial charge in [-0.15, -0.1) is 0 Å². The lowest BCUT2D eigenvalue weighted by Crippen LogP contribution is -2.45. The summed E-state index contributed by atoms with van der Waals surface area (Å²) in [4.78, 5) is 39.7. The van der Waals surface area contributed by atoms with Crippen molar-refractivity contribution in [1.82, 2.24) is 10.3 Å². The molecule has 0 radical (unpaired) electrons. The Balaban J connectivity index is 1.62. The number of H-pyrrole nitrogens is 1. The molecule has 0 unspecified atom stereocenters. The molecule has 0 aliphatic rings. The molecule has 1 heterocycles. The van der Waals surface area contributed by atoms with Crippen molar-refractivity contribution in [3.05, 3.63) is 105 Å². The normalized spacial score (nSPS) is 11.7. The van der Waals surface area contributed by atoms with E-state index in [0.29, 0.717) is 0 Å². The number of nitro benzene ring substituents is 1. The Morgan fingerprint density at radius 3 is 2.58 bits per heavy atom. The van der Waals surface area contributed by atoms with Crippen LogP contribution in [0.15, 0.2) is 79.0 Å². The number of non-ortho nitro benzene ring substituents is 1. The minimum atomic E-state index is -0.966. The minimum Gasteiger partial charge on any atom is -0.361 e. The lowest BCUT2D eigenvalue weighted by Gasteiger charge is -2.19. The van der Waals surface area contributed by atoms with Crippen molar-refractivity contribution in [2.24, 2.45) is 0 Å². The summed E-state index contributed by atoms with van der Waals surface area (Å²) in [5.41, 5.74) is 2.09. The Labute approximate surface area is 193 Å². The van der Waals surface area contributed by atoms with E-state index in [1.54, 1.807) is 36.5 Å². The van der Waals surface area contributed by atoms with Crippen LogP contribution in [0.3, 0.4) is 0 Å². The predicted octanol–water partition coefficient (Wildman–Crippen LogP) is 4.71. The molecule has 1 aromatic heterocycles. The van der Waals surface area contributed by atoms with Gasteiger partial charge in [0.1, 0.15) is 6.04 Å². The highest BCUT2D eigenvalue weighted by Gasteiger charge is 2.24. The summed E-state index contributed by atoms with van der Waals surface area (Å²) in [6, 6.07) is 18.8. The van der Waals surface area contributed by atoms with Gasteiger partial charge in [-0.2, -0.15) is 0 Å². The average molecular weight is 463 g/mol. The first-order valence-electron chi connectivity index (χ1n) is 10.1. The molecule has 4 aromatic rings. The highest BCUT2D eigenvalue weighted by atomic mass is 35.5. The van der Waals surface area contributed by atoms with Gasteiger partial charge in [0.05, 0.1) is 15.5 Å². The third-order valence-corrected chi connectivity index (χ3v) is 5.49. The Hall–Kier alpha value is -4.17. The van der Waals surface area contributed by atoms with E-state index in [1.165, 1.54) is 18.2 Å². The van der Waals surface area contributed by atoms with E-state index >= 15 is 0 Å². The van der Waals surface area contributed by atoms with E-state index in [2.05, 4.69) is 15.6 Å². The number of nitrogens with one attached hydrogen (secondary N) is 3. The van der Waals surface area contributed by atoms with Gasteiger partial charge in [0, 0.05) is 41.3 Å². The molecule has 0 fully saturated rings. The van der Waals surface area contributed by atoms with Crippen LogP contribution < -0.4 is 10.6 Å². The molecule has 8 nitrogen and oxygen atoms in total. The monoisotopic (exact) mass is 462 g/mol. The van der Waals surface area contributed by atoms with Crippen LogP contribution in [0.4, 0.5) is 11.4 Å². The number of aromatic nitrogens is 1. The SMILES string of the molecule is O=C(N[C@H](Cc1c[nH]c2ccccc12)C(=O)Nc1cccc([N+](=O)[O-])c1)c1ccccc1Cl. The summed E-state index contributed by atoms with van der Waals surface area (Å²) in [7, 11) is 0. The Morgan fingerprint density at radius 1 is 1.03 bits per heavy atom. The molecule has 3 N–H and O–H groups in total. The first kappa shape index (κ1) is 22.0. The molecular formula is C24H19ClN4O4. The number of nitro groups is 1. The van der Waals surface area contributed by atoms with Gasteiger partial charge in [-0.3, -0.25) is 19.7 Å². The van der Waals surface area contributed by atoms with Crippen molar-refractivity contribution >= 4 is 45.7 Å². The number of anilines is 1. The summed E-state index contributed by atoms with van der Waals surface area (Å²) >= 11 is 6.15. The van der Waals surface area contributed by atoms with Gasteiger partial charge in [0.15, 0.2) is 0 Å². The second-order valence-electron chi connectivity index (χ2n) is 7.37. The van der Waals surface area contributed by atoms with Gasteiger partial charge in [-0.25, -0.2) is 0 Å². The van der Waals surface area contributed by atoms with Crippen molar-refractivity contribution in [1.29, 1.82) is 0 Å². The molecule has 0 aliphatic heterocycles. The van der Waals surface area contributed by atoms with Crippen LogP contribution in [0.2, 0.25) is 5.02 Å². The van der Waals surface area contributed by atoms with Crippen LogP contribution in [-0.4, -0.2) is 27.8 Å². The van der Waals surface area contributed by atoms with Gasteiger partial charge in [0.2, 0.25) is 5.91 Å². The van der Waals surface area contributed by atoms with Crippen molar-refractivity contribution in [3.8, 4) is 0 Å². The van der Waals surface area contributed by atoms with Gasteiger partial charge < -0.3 is 15.6 Å². The second-order valence-corrected chi connectivity index (χ2v) is 7.77. The highest BCUT2D eigenvalue weighted by Crippen LogP contribution is 2.22. The third-order valence-electron chi connectivity index (χ3n) is 5.16. The number of aromatic amines is 1. The third kappa shape index (κ3) is 5.02. The molecule has 4 rings (SSSR count). The first-order chi connectivity index (χ1) is 15.9. The first-order valence-corrected chi connectivity index (χ1v) is 10.5. The largest absolute Gasteiger partial charge is 0.361 e.